The molecule has 0 spiro atoms. The zero-order valence-corrected chi connectivity index (χ0v) is 16.7. The SMILES string of the molecule is CC(=O)OC[C@H]1O[C@@H](n2nc(C)c(Br)c2C)[C@H](OC(C)=O)[C@@H]1OC(C)=O. The van der Waals surface area contributed by atoms with Gasteiger partial charge in [-0.05, 0) is 29.8 Å². The summed E-state index contributed by atoms with van der Waals surface area (Å²) in [5.41, 5.74) is 1.47. The summed E-state index contributed by atoms with van der Waals surface area (Å²) in [6.45, 7) is 7.22. The average Bonchev–Trinajstić information content (AvgIpc) is 2.97. The number of carbonyl (C=O) groups excluding carboxylic acids is 3. The number of hydrogen-bond donors (Lipinski definition) is 0. The van der Waals surface area contributed by atoms with Crippen molar-refractivity contribution < 1.29 is 33.3 Å². The fourth-order valence-corrected chi connectivity index (χ4v) is 3.04. The lowest BCUT2D eigenvalue weighted by molar-refractivity contribution is -0.166. The van der Waals surface area contributed by atoms with Gasteiger partial charge in [0.05, 0.1) is 15.9 Å². The summed E-state index contributed by atoms with van der Waals surface area (Å²) < 4.78 is 23.9. The molecule has 10 heteroatoms. The van der Waals surface area contributed by atoms with Crippen molar-refractivity contribution in [2.75, 3.05) is 6.61 Å². The molecule has 9 nitrogen and oxygen atoms in total. The first-order chi connectivity index (χ1) is 12.1. The van der Waals surface area contributed by atoms with Gasteiger partial charge in [0.1, 0.15) is 12.7 Å². The molecule has 0 saturated carbocycles. The lowest BCUT2D eigenvalue weighted by Gasteiger charge is -2.23. The van der Waals surface area contributed by atoms with E-state index in [1.807, 2.05) is 13.8 Å². The molecular weight excluding hydrogens is 412 g/mol. The minimum atomic E-state index is -0.943. The van der Waals surface area contributed by atoms with Gasteiger partial charge in [-0.3, -0.25) is 14.4 Å². The Labute approximate surface area is 159 Å². The minimum absolute atomic E-state index is 0.151. The zero-order chi connectivity index (χ0) is 19.6. The number of aromatic nitrogens is 2. The Kier molecular flexibility index (Phi) is 6.40. The van der Waals surface area contributed by atoms with E-state index in [2.05, 4.69) is 21.0 Å². The van der Waals surface area contributed by atoms with Crippen LogP contribution in [0.3, 0.4) is 0 Å². The lowest BCUT2D eigenvalue weighted by atomic mass is 10.1. The number of carbonyl (C=O) groups is 3. The molecule has 0 radical (unpaired) electrons. The van der Waals surface area contributed by atoms with Gasteiger partial charge in [0.2, 0.25) is 0 Å². The summed E-state index contributed by atoms with van der Waals surface area (Å²) in [6.07, 6.45) is -3.53. The first kappa shape index (κ1) is 20.4. The summed E-state index contributed by atoms with van der Waals surface area (Å²) in [4.78, 5) is 34.3. The highest BCUT2D eigenvalue weighted by atomic mass is 79.9. The van der Waals surface area contributed by atoms with E-state index in [0.29, 0.717) is 0 Å². The summed E-state index contributed by atoms with van der Waals surface area (Å²) in [5, 5.41) is 4.40. The van der Waals surface area contributed by atoms with E-state index in [-0.39, 0.29) is 6.61 Å². The van der Waals surface area contributed by atoms with Crippen LogP contribution >= 0.6 is 15.9 Å². The Balaban J connectivity index is 2.40. The molecule has 1 aliphatic rings. The number of rotatable bonds is 5. The Bertz CT molecular complexity index is 718. The van der Waals surface area contributed by atoms with Gasteiger partial charge in [0.25, 0.3) is 0 Å². The van der Waals surface area contributed by atoms with Crippen molar-refractivity contribution in [1.29, 1.82) is 0 Å². The van der Waals surface area contributed by atoms with E-state index in [9.17, 15) is 14.4 Å². The van der Waals surface area contributed by atoms with E-state index in [1.165, 1.54) is 20.8 Å². The molecule has 0 bridgehead atoms. The Morgan fingerprint density at radius 2 is 1.65 bits per heavy atom. The molecule has 1 fully saturated rings. The predicted octanol–water partition coefficient (Wildman–Crippen LogP) is 1.59. The van der Waals surface area contributed by atoms with Gasteiger partial charge in [-0.2, -0.15) is 5.10 Å². The smallest absolute Gasteiger partial charge is 0.303 e. The van der Waals surface area contributed by atoms with Crippen molar-refractivity contribution in [2.45, 2.75) is 59.2 Å². The monoisotopic (exact) mass is 432 g/mol. The van der Waals surface area contributed by atoms with Crippen molar-refractivity contribution in [2.24, 2.45) is 0 Å². The number of esters is 3. The van der Waals surface area contributed by atoms with Crippen LogP contribution in [-0.2, 0) is 33.3 Å². The van der Waals surface area contributed by atoms with E-state index >= 15 is 0 Å². The van der Waals surface area contributed by atoms with Gasteiger partial charge >= 0.3 is 17.9 Å². The van der Waals surface area contributed by atoms with Crippen LogP contribution < -0.4 is 0 Å². The van der Waals surface area contributed by atoms with Gasteiger partial charge in [-0.15, -0.1) is 0 Å². The van der Waals surface area contributed by atoms with Crippen molar-refractivity contribution in [3.8, 4) is 0 Å². The van der Waals surface area contributed by atoms with Gasteiger partial charge < -0.3 is 18.9 Å². The highest BCUT2D eigenvalue weighted by molar-refractivity contribution is 9.10. The van der Waals surface area contributed by atoms with Crippen LogP contribution in [0, 0.1) is 13.8 Å². The molecule has 26 heavy (non-hydrogen) atoms. The highest BCUT2D eigenvalue weighted by Gasteiger charge is 2.51. The summed E-state index contributed by atoms with van der Waals surface area (Å²) >= 11 is 3.44. The van der Waals surface area contributed by atoms with Crippen LogP contribution in [-0.4, -0.2) is 52.6 Å². The summed E-state index contributed by atoms with van der Waals surface area (Å²) in [6, 6.07) is 0. The van der Waals surface area contributed by atoms with Crippen molar-refractivity contribution in [3.05, 3.63) is 15.9 Å². The molecular formula is C16H21BrN2O7. The van der Waals surface area contributed by atoms with E-state index in [0.717, 1.165) is 15.9 Å². The van der Waals surface area contributed by atoms with Crippen LogP contribution in [0.4, 0.5) is 0 Å². The summed E-state index contributed by atoms with van der Waals surface area (Å²) in [7, 11) is 0. The van der Waals surface area contributed by atoms with Crippen molar-refractivity contribution in [3.63, 3.8) is 0 Å². The molecule has 0 amide bonds. The van der Waals surface area contributed by atoms with Crippen molar-refractivity contribution >= 4 is 33.8 Å². The molecule has 2 rings (SSSR count). The molecule has 0 aromatic carbocycles. The highest BCUT2D eigenvalue weighted by Crippen LogP contribution is 2.36. The predicted molar refractivity (Wildman–Crippen MR) is 91.1 cm³/mol. The molecule has 0 aliphatic carbocycles. The third-order valence-electron chi connectivity index (χ3n) is 3.82. The van der Waals surface area contributed by atoms with Gasteiger partial charge in [0, 0.05) is 20.8 Å². The molecule has 1 saturated heterocycles. The molecule has 1 aromatic rings. The normalized spacial score (nSPS) is 25.0. The number of ether oxygens (including phenoxy) is 4. The first-order valence-electron chi connectivity index (χ1n) is 7.96. The van der Waals surface area contributed by atoms with Crippen LogP contribution in [0.25, 0.3) is 0 Å². The zero-order valence-electron chi connectivity index (χ0n) is 15.1. The lowest BCUT2D eigenvalue weighted by Crippen LogP contribution is -2.40. The largest absolute Gasteiger partial charge is 0.463 e. The number of aryl methyl sites for hydroxylation is 1. The van der Waals surface area contributed by atoms with Crippen LogP contribution in [0.5, 0.6) is 0 Å². The van der Waals surface area contributed by atoms with E-state index < -0.39 is 42.4 Å². The maximum absolute atomic E-state index is 11.6. The average molecular weight is 433 g/mol. The Morgan fingerprint density at radius 1 is 1.08 bits per heavy atom. The second-order valence-corrected chi connectivity index (χ2v) is 6.74. The molecule has 1 aliphatic heterocycles. The fourth-order valence-electron chi connectivity index (χ4n) is 2.78. The third-order valence-corrected chi connectivity index (χ3v) is 4.97. The van der Waals surface area contributed by atoms with E-state index in [4.69, 9.17) is 18.9 Å². The van der Waals surface area contributed by atoms with Gasteiger partial charge in [-0.1, -0.05) is 0 Å². The second kappa shape index (κ2) is 8.17. The van der Waals surface area contributed by atoms with Crippen LogP contribution in [0.2, 0.25) is 0 Å². The van der Waals surface area contributed by atoms with Crippen molar-refractivity contribution in [1.82, 2.24) is 9.78 Å². The van der Waals surface area contributed by atoms with Crippen LogP contribution in [0.15, 0.2) is 4.47 Å². The molecule has 4 atom stereocenters. The molecule has 2 heterocycles. The first-order valence-corrected chi connectivity index (χ1v) is 8.75. The van der Waals surface area contributed by atoms with E-state index in [1.54, 1.807) is 4.68 Å². The van der Waals surface area contributed by atoms with Gasteiger partial charge in [-0.25, -0.2) is 4.68 Å². The number of hydrogen-bond acceptors (Lipinski definition) is 8. The molecule has 144 valence electrons. The standard InChI is InChI=1S/C16H21BrN2O7/c1-7-13(17)8(2)19(18-7)16-15(25-11(5)22)14(24-10(4)21)12(26-16)6-23-9(3)20/h12,14-16H,6H2,1-5H3/t12-,14-,15-,16-/m1/s1. The quantitative estimate of drug-likeness (QED) is 0.509. The summed E-state index contributed by atoms with van der Waals surface area (Å²) in [5.74, 6) is -1.63. The third kappa shape index (κ3) is 4.42. The molecule has 0 N–H and O–H groups in total. The maximum atomic E-state index is 11.6. The fraction of sp³-hybridized carbons (Fsp3) is 0.625. The number of nitrogens with zero attached hydrogens (tertiary/aromatic N) is 2. The molecule has 0 unspecified atom stereocenters. The topological polar surface area (TPSA) is 106 Å². The van der Waals surface area contributed by atoms with Crippen LogP contribution in [0.1, 0.15) is 38.4 Å². The maximum Gasteiger partial charge on any atom is 0.303 e. The Hall–Kier alpha value is -1.94. The van der Waals surface area contributed by atoms with Gasteiger partial charge in [0.15, 0.2) is 18.4 Å². The molecule has 1 aromatic heterocycles. The minimum Gasteiger partial charge on any atom is -0.463 e. The second-order valence-electron chi connectivity index (χ2n) is 5.95. The number of halogens is 1. The Morgan fingerprint density at radius 3 is 2.12 bits per heavy atom.